The first-order valence-electron chi connectivity index (χ1n) is 4.21. The molecule has 0 spiro atoms. The predicted octanol–water partition coefficient (Wildman–Crippen LogP) is 1.51. The topological polar surface area (TPSA) is 43.8 Å². The highest BCUT2D eigenvalue weighted by Crippen LogP contribution is 2.43. The number of aromatic nitrogens is 2. The van der Waals surface area contributed by atoms with Crippen molar-refractivity contribution in [1.29, 1.82) is 0 Å². The standard InChI is InChI=1S/C8H11F2N3/c9-8(10)3-6(4-8)5-13-2-1-12-7(13)11/h1-2,6H,3-5H2,(H2,11,12). The quantitative estimate of drug-likeness (QED) is 0.762. The van der Waals surface area contributed by atoms with Crippen molar-refractivity contribution in [3.63, 3.8) is 0 Å². The number of rotatable bonds is 2. The summed E-state index contributed by atoms with van der Waals surface area (Å²) >= 11 is 0. The monoisotopic (exact) mass is 187 g/mol. The summed E-state index contributed by atoms with van der Waals surface area (Å²) in [4.78, 5) is 3.82. The Morgan fingerprint density at radius 2 is 2.31 bits per heavy atom. The zero-order valence-corrected chi connectivity index (χ0v) is 7.08. The molecule has 2 N–H and O–H groups in total. The molecular formula is C8H11F2N3. The first kappa shape index (κ1) is 8.47. The molecule has 1 heterocycles. The maximum atomic E-state index is 12.5. The molecular weight excluding hydrogens is 176 g/mol. The second-order valence-corrected chi connectivity index (χ2v) is 3.57. The van der Waals surface area contributed by atoms with E-state index in [4.69, 9.17) is 5.73 Å². The van der Waals surface area contributed by atoms with Crippen LogP contribution in [0.5, 0.6) is 0 Å². The minimum Gasteiger partial charge on any atom is -0.369 e. The van der Waals surface area contributed by atoms with Gasteiger partial charge in [0.05, 0.1) is 0 Å². The summed E-state index contributed by atoms with van der Waals surface area (Å²) in [5.41, 5.74) is 5.50. The van der Waals surface area contributed by atoms with Crippen molar-refractivity contribution in [2.45, 2.75) is 25.3 Å². The number of alkyl halides is 2. The Kier molecular flexibility index (Phi) is 1.75. The van der Waals surface area contributed by atoms with Crippen molar-refractivity contribution in [3.8, 4) is 0 Å². The highest BCUT2D eigenvalue weighted by molar-refractivity contribution is 5.16. The van der Waals surface area contributed by atoms with Gasteiger partial charge >= 0.3 is 0 Å². The molecule has 2 rings (SSSR count). The minimum atomic E-state index is -2.44. The van der Waals surface area contributed by atoms with E-state index in [0.717, 1.165) is 0 Å². The molecule has 0 radical (unpaired) electrons. The fourth-order valence-corrected chi connectivity index (χ4v) is 1.69. The normalized spacial score (nSPS) is 21.4. The zero-order chi connectivity index (χ0) is 9.47. The number of nitrogen functional groups attached to an aromatic ring is 1. The molecule has 0 amide bonds. The fraction of sp³-hybridized carbons (Fsp3) is 0.625. The number of nitrogens with zero attached hydrogens (tertiary/aromatic N) is 2. The van der Waals surface area contributed by atoms with Crippen LogP contribution in [0.3, 0.4) is 0 Å². The average Bonchev–Trinajstić information content (AvgIpc) is 2.33. The van der Waals surface area contributed by atoms with Gasteiger partial charge < -0.3 is 10.3 Å². The number of halogens is 2. The highest BCUT2D eigenvalue weighted by atomic mass is 19.3. The summed E-state index contributed by atoms with van der Waals surface area (Å²) in [6.07, 6.45) is 3.24. The summed E-state index contributed by atoms with van der Waals surface area (Å²) < 4.78 is 26.6. The maximum absolute atomic E-state index is 12.5. The molecule has 5 heteroatoms. The molecule has 3 nitrogen and oxygen atoms in total. The molecule has 0 aliphatic heterocycles. The number of anilines is 1. The van der Waals surface area contributed by atoms with Crippen molar-refractivity contribution in [2.24, 2.45) is 5.92 Å². The van der Waals surface area contributed by atoms with Crippen molar-refractivity contribution in [3.05, 3.63) is 12.4 Å². The molecule has 0 bridgehead atoms. The van der Waals surface area contributed by atoms with E-state index in [0.29, 0.717) is 12.5 Å². The fourth-order valence-electron chi connectivity index (χ4n) is 1.69. The second-order valence-electron chi connectivity index (χ2n) is 3.57. The van der Waals surface area contributed by atoms with E-state index in [-0.39, 0.29) is 18.8 Å². The summed E-state index contributed by atoms with van der Waals surface area (Å²) in [5.74, 6) is -2.00. The Morgan fingerprint density at radius 1 is 1.62 bits per heavy atom. The van der Waals surface area contributed by atoms with Gasteiger partial charge in [-0.15, -0.1) is 0 Å². The molecule has 1 saturated carbocycles. The Balaban J connectivity index is 1.91. The van der Waals surface area contributed by atoms with E-state index >= 15 is 0 Å². The van der Waals surface area contributed by atoms with Gasteiger partial charge in [-0.1, -0.05) is 0 Å². The summed E-state index contributed by atoms with van der Waals surface area (Å²) in [6.45, 7) is 0.557. The zero-order valence-electron chi connectivity index (χ0n) is 7.08. The van der Waals surface area contributed by atoms with Crippen LogP contribution in [0.1, 0.15) is 12.8 Å². The van der Waals surface area contributed by atoms with E-state index in [1.807, 2.05) is 0 Å². The lowest BCUT2D eigenvalue weighted by molar-refractivity contribution is -0.113. The van der Waals surface area contributed by atoms with Gasteiger partial charge in [0, 0.05) is 31.8 Å². The van der Waals surface area contributed by atoms with Gasteiger partial charge in [0.25, 0.3) is 0 Å². The number of nitrogens with two attached hydrogens (primary N) is 1. The third-order valence-corrected chi connectivity index (χ3v) is 2.38. The lowest BCUT2D eigenvalue weighted by Gasteiger charge is -2.35. The van der Waals surface area contributed by atoms with Crippen molar-refractivity contribution in [2.75, 3.05) is 5.73 Å². The van der Waals surface area contributed by atoms with Crippen molar-refractivity contribution >= 4 is 5.95 Å². The Morgan fingerprint density at radius 3 is 2.77 bits per heavy atom. The van der Waals surface area contributed by atoms with Crippen LogP contribution >= 0.6 is 0 Å². The second kappa shape index (κ2) is 2.68. The smallest absolute Gasteiger partial charge is 0.248 e. The molecule has 1 aromatic rings. The van der Waals surface area contributed by atoms with E-state index in [2.05, 4.69) is 4.98 Å². The van der Waals surface area contributed by atoms with E-state index in [9.17, 15) is 8.78 Å². The molecule has 13 heavy (non-hydrogen) atoms. The summed E-state index contributed by atoms with van der Waals surface area (Å²) in [5, 5.41) is 0. The molecule has 72 valence electrons. The molecule has 1 aliphatic rings. The first-order chi connectivity index (χ1) is 6.07. The predicted molar refractivity (Wildman–Crippen MR) is 44.3 cm³/mol. The molecule has 1 aromatic heterocycles. The molecule has 0 unspecified atom stereocenters. The molecule has 0 atom stereocenters. The van der Waals surface area contributed by atoms with Gasteiger partial charge in [-0.05, 0) is 5.92 Å². The Hall–Kier alpha value is -1.13. The van der Waals surface area contributed by atoms with Gasteiger partial charge in [-0.3, -0.25) is 0 Å². The van der Waals surface area contributed by atoms with Crippen LogP contribution < -0.4 is 5.73 Å². The van der Waals surface area contributed by atoms with Crippen LogP contribution in [0.15, 0.2) is 12.4 Å². The van der Waals surface area contributed by atoms with Crippen molar-refractivity contribution < 1.29 is 8.78 Å². The van der Waals surface area contributed by atoms with Gasteiger partial charge in [0.15, 0.2) is 5.95 Å². The van der Waals surface area contributed by atoms with Crippen molar-refractivity contribution in [1.82, 2.24) is 9.55 Å². The van der Waals surface area contributed by atoms with Crippen LogP contribution in [-0.4, -0.2) is 15.5 Å². The highest BCUT2D eigenvalue weighted by Gasteiger charge is 2.45. The minimum absolute atomic E-state index is 0.0232. The van der Waals surface area contributed by atoms with Gasteiger partial charge in [-0.2, -0.15) is 0 Å². The average molecular weight is 187 g/mol. The lowest BCUT2D eigenvalue weighted by Crippen LogP contribution is -2.37. The maximum Gasteiger partial charge on any atom is 0.248 e. The molecule has 1 aliphatic carbocycles. The third kappa shape index (κ3) is 1.64. The number of imidazole rings is 1. The van der Waals surface area contributed by atoms with Gasteiger partial charge in [0.2, 0.25) is 5.92 Å². The van der Waals surface area contributed by atoms with Crippen LogP contribution in [0.4, 0.5) is 14.7 Å². The summed E-state index contributed by atoms with van der Waals surface area (Å²) in [6, 6.07) is 0. The van der Waals surface area contributed by atoms with E-state index < -0.39 is 5.92 Å². The molecule has 1 fully saturated rings. The molecule has 0 aromatic carbocycles. The number of hydrogen-bond donors (Lipinski definition) is 1. The van der Waals surface area contributed by atoms with Gasteiger partial charge in [-0.25, -0.2) is 13.8 Å². The van der Waals surface area contributed by atoms with Crippen LogP contribution in [-0.2, 0) is 6.54 Å². The molecule has 0 saturated heterocycles. The third-order valence-electron chi connectivity index (χ3n) is 2.38. The van der Waals surface area contributed by atoms with E-state index in [1.165, 1.54) is 0 Å². The Labute approximate surface area is 74.6 Å². The van der Waals surface area contributed by atoms with Crippen LogP contribution in [0.2, 0.25) is 0 Å². The van der Waals surface area contributed by atoms with Crippen LogP contribution in [0, 0.1) is 5.92 Å². The first-order valence-corrected chi connectivity index (χ1v) is 4.21. The van der Waals surface area contributed by atoms with Gasteiger partial charge in [0.1, 0.15) is 0 Å². The van der Waals surface area contributed by atoms with Crippen LogP contribution in [0.25, 0.3) is 0 Å². The lowest BCUT2D eigenvalue weighted by atomic mass is 9.81. The summed E-state index contributed by atoms with van der Waals surface area (Å²) in [7, 11) is 0. The SMILES string of the molecule is Nc1nccn1CC1CC(F)(F)C1. The largest absolute Gasteiger partial charge is 0.369 e. The number of hydrogen-bond acceptors (Lipinski definition) is 2. The Bertz CT molecular complexity index is 300. The van der Waals surface area contributed by atoms with E-state index in [1.54, 1.807) is 17.0 Å².